The minimum absolute atomic E-state index is 0.628. The Morgan fingerprint density at radius 1 is 1.14 bits per heavy atom. The Labute approximate surface area is 88.5 Å². The normalized spacial score (nSPS) is 13.1. The van der Waals surface area contributed by atoms with E-state index in [1.165, 1.54) is 0 Å². The zero-order valence-electron chi connectivity index (χ0n) is 8.77. The Hall–Kier alpha value is -0.670. The Morgan fingerprint density at radius 3 is 2.21 bits per heavy atom. The van der Waals surface area contributed by atoms with Gasteiger partial charge in [-0.25, -0.2) is 8.51 Å². The maximum Gasteiger partial charge on any atom is 0.0987 e. The summed E-state index contributed by atoms with van der Waals surface area (Å²) in [6.45, 7) is 5.75. The average molecular weight is 211 g/mol. The molecule has 2 nitrogen and oxygen atoms in total. The maximum absolute atomic E-state index is 11.8. The summed E-state index contributed by atoms with van der Waals surface area (Å²) in [6.07, 6.45) is 0. The molecule has 0 aliphatic rings. The first kappa shape index (κ1) is 11.4. The molecule has 1 aromatic rings. The van der Waals surface area contributed by atoms with E-state index >= 15 is 0 Å². The fourth-order valence-electron chi connectivity index (χ4n) is 1.32. The lowest BCUT2D eigenvalue weighted by Gasteiger charge is -2.16. The Balaban J connectivity index is 2.57. The summed E-state index contributed by atoms with van der Waals surface area (Å²) in [6, 6.07) is 9.97. The van der Waals surface area contributed by atoms with E-state index < -0.39 is 11.0 Å². The molecule has 0 heterocycles. The van der Waals surface area contributed by atoms with E-state index in [4.69, 9.17) is 0 Å². The summed E-state index contributed by atoms with van der Waals surface area (Å²) in [5.74, 6) is 0.628. The van der Waals surface area contributed by atoms with Crippen LogP contribution in [0.1, 0.15) is 19.4 Å². The number of nitrogens with zero attached hydrogens (tertiary/aromatic N) is 1. The summed E-state index contributed by atoms with van der Waals surface area (Å²) >= 11 is 0. The SMILES string of the molecule is CCN(CC)S(=O)Cc1ccccc1. The molecule has 0 N–H and O–H groups in total. The van der Waals surface area contributed by atoms with E-state index in [1.807, 2.05) is 48.5 Å². The first-order chi connectivity index (χ1) is 6.77. The molecule has 0 spiro atoms. The van der Waals surface area contributed by atoms with Gasteiger partial charge in [0.25, 0.3) is 0 Å². The highest BCUT2D eigenvalue weighted by atomic mass is 32.2. The first-order valence-corrected chi connectivity index (χ1v) is 6.22. The van der Waals surface area contributed by atoms with Crippen LogP contribution in [0.3, 0.4) is 0 Å². The second kappa shape index (κ2) is 5.94. The second-order valence-electron chi connectivity index (χ2n) is 3.07. The molecule has 3 heteroatoms. The van der Waals surface area contributed by atoms with Gasteiger partial charge in [-0.2, -0.15) is 0 Å². The molecular formula is C11H17NOS. The van der Waals surface area contributed by atoms with Gasteiger partial charge in [0.05, 0.1) is 16.7 Å². The van der Waals surface area contributed by atoms with Crippen LogP contribution in [0.4, 0.5) is 0 Å². The maximum atomic E-state index is 11.8. The van der Waals surface area contributed by atoms with Crippen molar-refractivity contribution in [2.45, 2.75) is 19.6 Å². The molecule has 0 saturated carbocycles. The molecule has 0 aliphatic carbocycles. The number of benzene rings is 1. The molecule has 1 atom stereocenters. The number of hydrogen-bond acceptors (Lipinski definition) is 1. The lowest BCUT2D eigenvalue weighted by Crippen LogP contribution is -2.26. The minimum atomic E-state index is -0.875. The highest BCUT2D eigenvalue weighted by Crippen LogP contribution is 2.05. The molecule has 14 heavy (non-hydrogen) atoms. The van der Waals surface area contributed by atoms with Crippen LogP contribution in [0.2, 0.25) is 0 Å². The standard InChI is InChI=1S/C11H17NOS/c1-3-12(4-2)14(13)10-11-8-6-5-7-9-11/h5-9H,3-4,10H2,1-2H3. The molecular weight excluding hydrogens is 194 g/mol. The molecule has 0 radical (unpaired) electrons. The van der Waals surface area contributed by atoms with Gasteiger partial charge >= 0.3 is 0 Å². The predicted octanol–water partition coefficient (Wildman–Crippen LogP) is 2.19. The van der Waals surface area contributed by atoms with Crippen LogP contribution in [0.15, 0.2) is 30.3 Å². The zero-order chi connectivity index (χ0) is 10.4. The van der Waals surface area contributed by atoms with E-state index in [2.05, 4.69) is 0 Å². The molecule has 1 aromatic carbocycles. The van der Waals surface area contributed by atoms with Gasteiger partial charge in [0.1, 0.15) is 0 Å². The fraction of sp³-hybridized carbons (Fsp3) is 0.455. The van der Waals surface area contributed by atoms with Crippen molar-refractivity contribution in [3.8, 4) is 0 Å². The van der Waals surface area contributed by atoms with Gasteiger partial charge in [-0.15, -0.1) is 0 Å². The van der Waals surface area contributed by atoms with E-state index in [9.17, 15) is 4.21 Å². The van der Waals surface area contributed by atoms with Gasteiger partial charge in [0, 0.05) is 13.1 Å². The lowest BCUT2D eigenvalue weighted by atomic mass is 10.2. The average Bonchev–Trinajstić information content (AvgIpc) is 2.21. The quantitative estimate of drug-likeness (QED) is 0.731. The van der Waals surface area contributed by atoms with E-state index in [0.717, 1.165) is 18.7 Å². The largest absolute Gasteiger partial charge is 0.242 e. The highest BCUT2D eigenvalue weighted by molar-refractivity contribution is 7.81. The summed E-state index contributed by atoms with van der Waals surface area (Å²) < 4.78 is 13.8. The highest BCUT2D eigenvalue weighted by Gasteiger charge is 2.08. The monoisotopic (exact) mass is 211 g/mol. The van der Waals surface area contributed by atoms with E-state index in [-0.39, 0.29) is 0 Å². The predicted molar refractivity (Wildman–Crippen MR) is 61.2 cm³/mol. The molecule has 0 aliphatic heterocycles. The van der Waals surface area contributed by atoms with Gasteiger partial charge in [-0.3, -0.25) is 0 Å². The molecule has 1 rings (SSSR count). The molecule has 1 unspecified atom stereocenters. The van der Waals surface area contributed by atoms with Crippen molar-refractivity contribution in [1.82, 2.24) is 4.31 Å². The van der Waals surface area contributed by atoms with Gasteiger partial charge in [0.2, 0.25) is 0 Å². The second-order valence-corrected chi connectivity index (χ2v) is 4.51. The van der Waals surface area contributed by atoms with Gasteiger partial charge in [-0.1, -0.05) is 44.2 Å². The third-order valence-electron chi connectivity index (χ3n) is 2.13. The van der Waals surface area contributed by atoms with Crippen LogP contribution < -0.4 is 0 Å². The molecule has 78 valence electrons. The van der Waals surface area contributed by atoms with Crippen LogP contribution >= 0.6 is 0 Å². The Kier molecular flexibility index (Phi) is 4.84. The molecule has 0 amide bonds. The Bertz CT molecular complexity index is 283. The summed E-state index contributed by atoms with van der Waals surface area (Å²) in [5, 5.41) is 0. The lowest BCUT2D eigenvalue weighted by molar-refractivity contribution is 0.489. The number of hydrogen-bond donors (Lipinski definition) is 0. The van der Waals surface area contributed by atoms with Crippen molar-refractivity contribution in [2.75, 3.05) is 13.1 Å². The molecule has 0 bridgehead atoms. The van der Waals surface area contributed by atoms with Crippen molar-refractivity contribution < 1.29 is 4.21 Å². The van der Waals surface area contributed by atoms with Crippen molar-refractivity contribution >= 4 is 11.0 Å². The minimum Gasteiger partial charge on any atom is -0.242 e. The van der Waals surface area contributed by atoms with Crippen LogP contribution in [0.5, 0.6) is 0 Å². The van der Waals surface area contributed by atoms with Crippen LogP contribution in [0, 0.1) is 0 Å². The van der Waals surface area contributed by atoms with Crippen LogP contribution in [-0.4, -0.2) is 21.6 Å². The van der Waals surface area contributed by atoms with E-state index in [1.54, 1.807) is 0 Å². The first-order valence-electron chi connectivity index (χ1n) is 4.95. The van der Waals surface area contributed by atoms with Gasteiger partial charge < -0.3 is 0 Å². The summed E-state index contributed by atoms with van der Waals surface area (Å²) in [5.41, 5.74) is 1.14. The van der Waals surface area contributed by atoms with Crippen molar-refractivity contribution in [2.24, 2.45) is 0 Å². The number of rotatable bonds is 5. The Morgan fingerprint density at radius 2 is 1.71 bits per heavy atom. The molecule has 0 aromatic heterocycles. The third kappa shape index (κ3) is 3.24. The van der Waals surface area contributed by atoms with Gasteiger partial charge in [-0.05, 0) is 5.56 Å². The van der Waals surface area contributed by atoms with Gasteiger partial charge in [0.15, 0.2) is 0 Å². The summed E-state index contributed by atoms with van der Waals surface area (Å²) in [7, 11) is -0.875. The molecule has 0 saturated heterocycles. The molecule has 0 fully saturated rings. The van der Waals surface area contributed by atoms with Crippen molar-refractivity contribution in [1.29, 1.82) is 0 Å². The third-order valence-corrected chi connectivity index (χ3v) is 3.80. The van der Waals surface area contributed by atoms with Crippen LogP contribution in [0.25, 0.3) is 0 Å². The zero-order valence-corrected chi connectivity index (χ0v) is 9.59. The van der Waals surface area contributed by atoms with Crippen LogP contribution in [-0.2, 0) is 16.7 Å². The summed E-state index contributed by atoms with van der Waals surface area (Å²) in [4.78, 5) is 0. The fourth-order valence-corrected chi connectivity index (χ4v) is 2.56. The van der Waals surface area contributed by atoms with E-state index in [0.29, 0.717) is 5.75 Å². The van der Waals surface area contributed by atoms with Crippen molar-refractivity contribution in [3.63, 3.8) is 0 Å². The smallest absolute Gasteiger partial charge is 0.0987 e. The van der Waals surface area contributed by atoms with Crippen molar-refractivity contribution in [3.05, 3.63) is 35.9 Å². The topological polar surface area (TPSA) is 20.3 Å².